The van der Waals surface area contributed by atoms with Gasteiger partial charge in [-0.15, -0.1) is 0 Å². The Labute approximate surface area is 72.4 Å². The molecule has 0 fully saturated rings. The van der Waals surface area contributed by atoms with Crippen molar-refractivity contribution < 1.29 is 4.79 Å². The van der Waals surface area contributed by atoms with Crippen molar-refractivity contribution in [1.82, 2.24) is 9.78 Å². The minimum absolute atomic E-state index is 0.261. The van der Waals surface area contributed by atoms with Crippen molar-refractivity contribution in [1.29, 1.82) is 0 Å². The van der Waals surface area contributed by atoms with E-state index in [9.17, 15) is 4.79 Å². The monoisotopic (exact) mass is 166 g/mol. The summed E-state index contributed by atoms with van der Waals surface area (Å²) >= 11 is 0. The number of aryl methyl sites for hydroxylation is 2. The molecule has 1 aromatic heterocycles. The van der Waals surface area contributed by atoms with Crippen molar-refractivity contribution in [3.8, 4) is 0 Å². The minimum Gasteiger partial charge on any atom is -0.300 e. The third-order valence-corrected chi connectivity index (χ3v) is 1.88. The normalized spacial score (nSPS) is 10.2. The van der Waals surface area contributed by atoms with E-state index >= 15 is 0 Å². The third-order valence-electron chi connectivity index (χ3n) is 1.88. The summed E-state index contributed by atoms with van der Waals surface area (Å²) in [5.41, 5.74) is 1.19. The largest absolute Gasteiger partial charge is 0.300 e. The highest BCUT2D eigenvalue weighted by atomic mass is 16.1. The van der Waals surface area contributed by atoms with Crippen LogP contribution in [-0.4, -0.2) is 15.6 Å². The molecule has 0 spiro atoms. The first-order chi connectivity index (χ1) is 5.70. The lowest BCUT2D eigenvalue weighted by atomic mass is 10.1. The smallest absolute Gasteiger partial charge is 0.129 e. The molecule has 0 aliphatic rings. The van der Waals surface area contributed by atoms with E-state index in [0.717, 1.165) is 12.8 Å². The maximum Gasteiger partial charge on any atom is 0.129 e. The van der Waals surface area contributed by atoms with Gasteiger partial charge in [-0.1, -0.05) is 0 Å². The maximum atomic E-state index is 10.6. The Morgan fingerprint density at radius 1 is 1.67 bits per heavy atom. The molecular formula is C9H14N2O. The van der Waals surface area contributed by atoms with E-state index < -0.39 is 0 Å². The van der Waals surface area contributed by atoms with Gasteiger partial charge in [0.25, 0.3) is 0 Å². The Morgan fingerprint density at radius 3 is 2.92 bits per heavy atom. The van der Waals surface area contributed by atoms with E-state index in [-0.39, 0.29) is 5.78 Å². The molecule has 0 aromatic carbocycles. The Bertz CT molecular complexity index is 265. The molecule has 0 N–H and O–H groups in total. The average Bonchev–Trinajstić information content (AvgIpc) is 2.36. The van der Waals surface area contributed by atoms with Crippen molar-refractivity contribution in [2.75, 3.05) is 0 Å². The van der Waals surface area contributed by atoms with Crippen LogP contribution in [0.5, 0.6) is 0 Å². The van der Waals surface area contributed by atoms with Crippen LogP contribution in [0.25, 0.3) is 0 Å². The highest BCUT2D eigenvalue weighted by Crippen LogP contribution is 2.03. The highest BCUT2D eigenvalue weighted by molar-refractivity contribution is 5.75. The number of carbonyl (C=O) groups is 1. The quantitative estimate of drug-likeness (QED) is 0.676. The van der Waals surface area contributed by atoms with Gasteiger partial charge in [0.2, 0.25) is 0 Å². The van der Waals surface area contributed by atoms with E-state index in [4.69, 9.17) is 0 Å². The lowest BCUT2D eigenvalue weighted by Crippen LogP contribution is -1.99. The number of hydrogen-bond donors (Lipinski definition) is 0. The minimum atomic E-state index is 0.261. The molecule has 1 rings (SSSR count). The number of aromatic nitrogens is 2. The molecule has 1 heterocycles. The number of rotatable bonds is 4. The van der Waals surface area contributed by atoms with Gasteiger partial charge in [0, 0.05) is 25.4 Å². The van der Waals surface area contributed by atoms with E-state index in [2.05, 4.69) is 5.10 Å². The molecule has 0 radical (unpaired) electrons. The first-order valence-electron chi connectivity index (χ1n) is 4.16. The van der Waals surface area contributed by atoms with Crippen LogP contribution >= 0.6 is 0 Å². The Hall–Kier alpha value is -1.12. The molecule has 0 atom stereocenters. The van der Waals surface area contributed by atoms with Crippen LogP contribution in [0, 0.1) is 0 Å². The second-order valence-electron chi connectivity index (χ2n) is 3.00. The summed E-state index contributed by atoms with van der Waals surface area (Å²) in [5, 5.41) is 4.05. The number of nitrogens with zero attached hydrogens (tertiary/aromatic N) is 2. The topological polar surface area (TPSA) is 34.9 Å². The molecule has 0 saturated carbocycles. The molecule has 0 bridgehead atoms. The maximum absolute atomic E-state index is 10.6. The molecule has 0 amide bonds. The lowest BCUT2D eigenvalue weighted by Gasteiger charge is -1.99. The van der Waals surface area contributed by atoms with Crippen molar-refractivity contribution in [3.05, 3.63) is 18.0 Å². The SMILES string of the molecule is CC(=O)CCCc1ccnn1C. The molecule has 12 heavy (non-hydrogen) atoms. The summed E-state index contributed by atoms with van der Waals surface area (Å²) in [6.07, 6.45) is 4.32. The van der Waals surface area contributed by atoms with Crippen LogP contribution in [0.4, 0.5) is 0 Å². The Kier molecular flexibility index (Phi) is 3.02. The van der Waals surface area contributed by atoms with Crippen LogP contribution < -0.4 is 0 Å². The zero-order valence-electron chi connectivity index (χ0n) is 7.58. The number of carbonyl (C=O) groups excluding carboxylic acids is 1. The number of hydrogen-bond acceptors (Lipinski definition) is 2. The predicted octanol–water partition coefficient (Wildman–Crippen LogP) is 1.33. The van der Waals surface area contributed by atoms with Crippen LogP contribution in [0.2, 0.25) is 0 Å². The Morgan fingerprint density at radius 2 is 2.42 bits per heavy atom. The fraction of sp³-hybridized carbons (Fsp3) is 0.556. The molecule has 66 valence electrons. The molecular weight excluding hydrogens is 152 g/mol. The van der Waals surface area contributed by atoms with E-state index in [0.29, 0.717) is 6.42 Å². The van der Waals surface area contributed by atoms with Crippen molar-refractivity contribution in [2.45, 2.75) is 26.2 Å². The first-order valence-corrected chi connectivity index (χ1v) is 4.16. The van der Waals surface area contributed by atoms with Crippen LogP contribution in [0.15, 0.2) is 12.3 Å². The van der Waals surface area contributed by atoms with Gasteiger partial charge in [-0.25, -0.2) is 0 Å². The second kappa shape index (κ2) is 4.04. The summed E-state index contributed by atoms with van der Waals surface area (Å²) < 4.78 is 1.85. The summed E-state index contributed by atoms with van der Waals surface area (Å²) in [5.74, 6) is 0.261. The summed E-state index contributed by atoms with van der Waals surface area (Å²) in [7, 11) is 1.92. The molecule has 0 aliphatic heterocycles. The first kappa shape index (κ1) is 8.97. The number of ketones is 1. The van der Waals surface area contributed by atoms with E-state index in [1.165, 1.54) is 5.69 Å². The van der Waals surface area contributed by atoms with Gasteiger partial charge in [0.05, 0.1) is 0 Å². The molecule has 3 heteroatoms. The Balaban J connectivity index is 2.33. The van der Waals surface area contributed by atoms with Gasteiger partial charge < -0.3 is 4.79 Å². The second-order valence-corrected chi connectivity index (χ2v) is 3.00. The zero-order valence-corrected chi connectivity index (χ0v) is 7.58. The molecule has 1 aromatic rings. The van der Waals surface area contributed by atoms with Gasteiger partial charge in [-0.3, -0.25) is 4.68 Å². The molecule has 0 aliphatic carbocycles. The highest BCUT2D eigenvalue weighted by Gasteiger charge is 1.99. The lowest BCUT2D eigenvalue weighted by molar-refractivity contribution is -0.117. The van der Waals surface area contributed by atoms with Crippen molar-refractivity contribution in [3.63, 3.8) is 0 Å². The van der Waals surface area contributed by atoms with Crippen molar-refractivity contribution in [2.24, 2.45) is 7.05 Å². The predicted molar refractivity (Wildman–Crippen MR) is 46.8 cm³/mol. The molecule has 3 nitrogen and oxygen atoms in total. The summed E-state index contributed by atoms with van der Waals surface area (Å²) in [6, 6.07) is 1.99. The zero-order chi connectivity index (χ0) is 8.97. The summed E-state index contributed by atoms with van der Waals surface area (Å²) in [6.45, 7) is 1.63. The molecule has 0 unspecified atom stereocenters. The summed E-state index contributed by atoms with van der Waals surface area (Å²) in [4.78, 5) is 10.6. The van der Waals surface area contributed by atoms with Gasteiger partial charge in [0.1, 0.15) is 5.78 Å². The van der Waals surface area contributed by atoms with Crippen LogP contribution in [-0.2, 0) is 18.3 Å². The van der Waals surface area contributed by atoms with Crippen LogP contribution in [0.1, 0.15) is 25.5 Å². The van der Waals surface area contributed by atoms with Gasteiger partial charge in [0.15, 0.2) is 0 Å². The van der Waals surface area contributed by atoms with Gasteiger partial charge in [-0.2, -0.15) is 5.10 Å². The van der Waals surface area contributed by atoms with Gasteiger partial charge >= 0.3 is 0 Å². The van der Waals surface area contributed by atoms with Crippen LogP contribution in [0.3, 0.4) is 0 Å². The van der Waals surface area contributed by atoms with E-state index in [1.54, 1.807) is 13.1 Å². The van der Waals surface area contributed by atoms with Gasteiger partial charge in [-0.05, 0) is 25.8 Å². The fourth-order valence-corrected chi connectivity index (χ4v) is 1.16. The third kappa shape index (κ3) is 2.49. The van der Waals surface area contributed by atoms with Crippen molar-refractivity contribution >= 4 is 5.78 Å². The van der Waals surface area contributed by atoms with E-state index in [1.807, 2.05) is 17.8 Å². The standard InChI is InChI=1S/C9H14N2O/c1-8(12)4-3-5-9-6-7-10-11(9)2/h6-7H,3-5H2,1-2H3. The average molecular weight is 166 g/mol. The number of Topliss-reactive ketones (excluding diaryl/α,β-unsaturated/α-hetero) is 1. The fourth-order valence-electron chi connectivity index (χ4n) is 1.16. The molecule has 0 saturated heterocycles.